The molecule has 0 unspecified atom stereocenters. The SMILES string of the molecule is CN(C)C(=O)c1cccc(-c2ccc3c(c2)[C@H]2[C@H](CCN2C(=O)c2ccc4c(c2)OCO4)[C@H](CO)N3)c1. The summed E-state index contributed by atoms with van der Waals surface area (Å²) in [5.74, 6) is 1.17. The summed E-state index contributed by atoms with van der Waals surface area (Å²) < 4.78 is 10.9. The molecule has 3 heterocycles. The Morgan fingerprint density at radius 3 is 2.62 bits per heavy atom. The zero-order valence-corrected chi connectivity index (χ0v) is 20.8. The van der Waals surface area contributed by atoms with Crippen LogP contribution < -0.4 is 14.8 Å². The van der Waals surface area contributed by atoms with Gasteiger partial charge in [-0.25, -0.2) is 0 Å². The second kappa shape index (κ2) is 9.12. The topological polar surface area (TPSA) is 91.3 Å². The first-order chi connectivity index (χ1) is 17.9. The molecule has 8 nitrogen and oxygen atoms in total. The van der Waals surface area contributed by atoms with E-state index in [0.29, 0.717) is 29.2 Å². The average molecular weight is 500 g/mol. The first kappa shape index (κ1) is 23.4. The number of aliphatic hydroxyl groups is 1. The van der Waals surface area contributed by atoms with E-state index in [0.717, 1.165) is 28.8 Å². The van der Waals surface area contributed by atoms with Crippen molar-refractivity contribution in [2.24, 2.45) is 5.92 Å². The van der Waals surface area contributed by atoms with Crippen LogP contribution in [0.4, 0.5) is 5.69 Å². The second-order valence-electron chi connectivity index (χ2n) is 9.98. The Morgan fingerprint density at radius 1 is 1.00 bits per heavy atom. The summed E-state index contributed by atoms with van der Waals surface area (Å²) in [6, 6.07) is 18.7. The second-order valence-corrected chi connectivity index (χ2v) is 9.98. The molecule has 2 amide bonds. The highest BCUT2D eigenvalue weighted by Gasteiger charge is 2.46. The lowest BCUT2D eigenvalue weighted by atomic mass is 9.82. The fourth-order valence-electron chi connectivity index (χ4n) is 5.76. The van der Waals surface area contributed by atoms with Gasteiger partial charge in [-0.3, -0.25) is 9.59 Å². The predicted octanol–water partition coefficient (Wildman–Crippen LogP) is 3.77. The molecular weight excluding hydrogens is 470 g/mol. The van der Waals surface area contributed by atoms with Crippen molar-refractivity contribution in [3.63, 3.8) is 0 Å². The Labute approximate surface area is 215 Å². The van der Waals surface area contributed by atoms with E-state index in [2.05, 4.69) is 11.4 Å². The van der Waals surface area contributed by atoms with Gasteiger partial charge in [0.25, 0.3) is 11.8 Å². The van der Waals surface area contributed by atoms with Crippen molar-refractivity contribution in [3.8, 4) is 22.6 Å². The van der Waals surface area contributed by atoms with Gasteiger partial charge in [0.2, 0.25) is 6.79 Å². The molecule has 0 radical (unpaired) electrons. The third kappa shape index (κ3) is 3.97. The molecular formula is C29H29N3O5. The summed E-state index contributed by atoms with van der Waals surface area (Å²) >= 11 is 0. The number of hydrogen-bond acceptors (Lipinski definition) is 6. The number of fused-ring (bicyclic) bond motifs is 4. The third-order valence-electron chi connectivity index (χ3n) is 7.60. The van der Waals surface area contributed by atoms with Crippen molar-refractivity contribution in [1.29, 1.82) is 0 Å². The summed E-state index contributed by atoms with van der Waals surface area (Å²) in [6.07, 6.45) is 0.787. The third-order valence-corrected chi connectivity index (χ3v) is 7.60. The number of hydrogen-bond donors (Lipinski definition) is 2. The largest absolute Gasteiger partial charge is 0.454 e. The van der Waals surface area contributed by atoms with Gasteiger partial charge in [0.15, 0.2) is 11.5 Å². The van der Waals surface area contributed by atoms with Gasteiger partial charge in [0.05, 0.1) is 18.7 Å². The van der Waals surface area contributed by atoms with Gasteiger partial charge in [-0.05, 0) is 65.6 Å². The number of anilines is 1. The summed E-state index contributed by atoms with van der Waals surface area (Å²) in [5, 5.41) is 13.6. The maximum absolute atomic E-state index is 13.7. The van der Waals surface area contributed by atoms with Crippen LogP contribution in [0, 0.1) is 5.92 Å². The van der Waals surface area contributed by atoms with Gasteiger partial charge < -0.3 is 29.7 Å². The molecule has 0 spiro atoms. The minimum atomic E-state index is -0.183. The van der Waals surface area contributed by atoms with E-state index in [-0.39, 0.29) is 43.2 Å². The molecule has 8 heteroatoms. The van der Waals surface area contributed by atoms with Crippen molar-refractivity contribution >= 4 is 17.5 Å². The van der Waals surface area contributed by atoms with Crippen molar-refractivity contribution < 1.29 is 24.2 Å². The number of aliphatic hydroxyl groups excluding tert-OH is 1. The molecule has 3 atom stereocenters. The molecule has 37 heavy (non-hydrogen) atoms. The summed E-state index contributed by atoms with van der Waals surface area (Å²) in [5.41, 5.74) is 5.01. The van der Waals surface area contributed by atoms with Crippen molar-refractivity contribution in [2.45, 2.75) is 18.5 Å². The lowest BCUT2D eigenvalue weighted by Gasteiger charge is -2.39. The number of nitrogens with zero attached hydrogens (tertiary/aromatic N) is 2. The molecule has 0 bridgehead atoms. The maximum Gasteiger partial charge on any atom is 0.254 e. The molecule has 1 saturated heterocycles. The lowest BCUT2D eigenvalue weighted by molar-refractivity contribution is 0.0700. The first-order valence-electron chi connectivity index (χ1n) is 12.5. The number of likely N-dealkylation sites (tertiary alicyclic amines) is 1. The monoisotopic (exact) mass is 499 g/mol. The number of nitrogens with one attached hydrogen (secondary N) is 1. The van der Waals surface area contributed by atoms with Crippen molar-refractivity contribution in [3.05, 3.63) is 77.4 Å². The van der Waals surface area contributed by atoms with Gasteiger partial charge in [-0.2, -0.15) is 0 Å². The predicted molar refractivity (Wildman–Crippen MR) is 139 cm³/mol. The molecule has 6 rings (SSSR count). The van der Waals surface area contributed by atoms with E-state index in [9.17, 15) is 14.7 Å². The smallest absolute Gasteiger partial charge is 0.254 e. The maximum atomic E-state index is 13.7. The van der Waals surface area contributed by atoms with E-state index >= 15 is 0 Å². The van der Waals surface area contributed by atoms with Gasteiger partial charge in [-0.15, -0.1) is 0 Å². The normalized spacial score (nSPS) is 21.2. The summed E-state index contributed by atoms with van der Waals surface area (Å²) in [4.78, 5) is 29.8. The Hall–Kier alpha value is -4.04. The van der Waals surface area contributed by atoms with Crippen LogP contribution in [0.15, 0.2) is 60.7 Å². The minimum Gasteiger partial charge on any atom is -0.454 e. The Balaban J connectivity index is 1.38. The van der Waals surface area contributed by atoms with Crippen LogP contribution in [-0.2, 0) is 0 Å². The molecule has 3 aliphatic heterocycles. The summed E-state index contributed by atoms with van der Waals surface area (Å²) in [6.45, 7) is 0.739. The zero-order chi connectivity index (χ0) is 25.7. The molecule has 3 aromatic rings. The molecule has 1 fully saturated rings. The highest BCUT2D eigenvalue weighted by atomic mass is 16.7. The van der Waals surface area contributed by atoms with E-state index in [4.69, 9.17) is 9.47 Å². The molecule has 0 saturated carbocycles. The molecule has 0 aromatic heterocycles. The fourth-order valence-corrected chi connectivity index (χ4v) is 5.76. The fraction of sp³-hybridized carbons (Fsp3) is 0.310. The Bertz CT molecular complexity index is 1390. The van der Waals surface area contributed by atoms with Crippen LogP contribution in [0.5, 0.6) is 11.5 Å². The molecule has 3 aromatic carbocycles. The number of benzene rings is 3. The Morgan fingerprint density at radius 2 is 1.81 bits per heavy atom. The number of carbonyl (C=O) groups excluding carboxylic acids is 2. The number of carbonyl (C=O) groups is 2. The van der Waals surface area contributed by atoms with Gasteiger partial charge in [0.1, 0.15) is 0 Å². The lowest BCUT2D eigenvalue weighted by Crippen LogP contribution is -2.42. The number of amides is 2. The van der Waals surface area contributed by atoms with Gasteiger partial charge in [-0.1, -0.05) is 18.2 Å². The highest BCUT2D eigenvalue weighted by Crippen LogP contribution is 2.48. The number of ether oxygens (including phenoxy) is 2. The molecule has 2 N–H and O–H groups in total. The average Bonchev–Trinajstić information content (AvgIpc) is 3.59. The van der Waals surface area contributed by atoms with Crippen molar-refractivity contribution in [2.75, 3.05) is 39.4 Å². The molecule has 3 aliphatic rings. The molecule has 190 valence electrons. The minimum absolute atomic E-state index is 0.0108. The van der Waals surface area contributed by atoms with E-state index in [1.165, 1.54) is 0 Å². The first-order valence-corrected chi connectivity index (χ1v) is 12.5. The van der Waals surface area contributed by atoms with Crippen LogP contribution in [0.3, 0.4) is 0 Å². The van der Waals surface area contributed by atoms with E-state index in [1.54, 1.807) is 37.2 Å². The molecule has 0 aliphatic carbocycles. The number of rotatable bonds is 4. The highest BCUT2D eigenvalue weighted by molar-refractivity contribution is 5.96. The zero-order valence-electron chi connectivity index (χ0n) is 20.8. The van der Waals surface area contributed by atoms with Crippen LogP contribution in [0.25, 0.3) is 11.1 Å². The van der Waals surface area contributed by atoms with Crippen molar-refractivity contribution in [1.82, 2.24) is 9.80 Å². The van der Waals surface area contributed by atoms with Crippen LogP contribution in [0.1, 0.15) is 38.7 Å². The van der Waals surface area contributed by atoms with E-state index in [1.807, 2.05) is 41.3 Å². The quantitative estimate of drug-likeness (QED) is 0.568. The van der Waals surface area contributed by atoms with Gasteiger partial charge >= 0.3 is 0 Å². The Kier molecular flexibility index (Phi) is 5.76. The van der Waals surface area contributed by atoms with Crippen LogP contribution in [-0.4, -0.2) is 66.8 Å². The van der Waals surface area contributed by atoms with Gasteiger partial charge in [0, 0.05) is 43.4 Å². The van der Waals surface area contributed by atoms with Crippen LogP contribution >= 0.6 is 0 Å². The van der Waals surface area contributed by atoms with Crippen LogP contribution in [0.2, 0.25) is 0 Å². The standard InChI is InChI=1S/C29H29N3O5/c1-31(2)28(34)19-5-3-4-17(12-19)18-6-8-23-22(13-18)27-21(24(15-33)30-23)10-11-32(27)29(35)20-7-9-25-26(14-20)37-16-36-25/h3-9,12-14,21,24,27,30,33H,10-11,15-16H2,1-2H3/t21-,24+,27-/m1/s1. The van der Waals surface area contributed by atoms with E-state index < -0.39 is 0 Å². The summed E-state index contributed by atoms with van der Waals surface area (Å²) in [7, 11) is 3.48.